The second-order valence-corrected chi connectivity index (χ2v) is 12.4. The number of rotatable bonds is 18. The fraction of sp³-hybridized carbons (Fsp3) is 0.351. The second-order valence-electron chi connectivity index (χ2n) is 12.4. The van der Waals surface area contributed by atoms with Crippen LogP contribution in [0.15, 0.2) is 78.9 Å². The quantitative estimate of drug-likeness (QED) is 0.0940. The number of phenolic OH excluding ortho intramolecular Hbond substituents is 2. The zero-order valence-electron chi connectivity index (χ0n) is 28.8. The van der Waals surface area contributed by atoms with Crippen molar-refractivity contribution >= 4 is 35.4 Å². The third-order valence-corrected chi connectivity index (χ3v) is 8.27. The van der Waals surface area contributed by atoms with E-state index in [-0.39, 0.29) is 43.2 Å². The number of phenols is 2. The highest BCUT2D eigenvalue weighted by Crippen LogP contribution is 2.15. The van der Waals surface area contributed by atoms with E-state index >= 15 is 0 Å². The summed E-state index contributed by atoms with van der Waals surface area (Å²) in [6.45, 7) is 4.48. The lowest BCUT2D eigenvalue weighted by Gasteiger charge is -2.28. The normalized spacial score (nSPS) is 13.7. The van der Waals surface area contributed by atoms with Gasteiger partial charge in [0.25, 0.3) is 0 Å². The average Bonchev–Trinajstić information content (AvgIpc) is 3.10. The third-order valence-electron chi connectivity index (χ3n) is 8.27. The van der Waals surface area contributed by atoms with E-state index in [0.29, 0.717) is 17.5 Å². The Bertz CT molecular complexity index is 1650. The summed E-state index contributed by atoms with van der Waals surface area (Å²) in [5.41, 5.74) is 7.54. The van der Waals surface area contributed by atoms with Crippen molar-refractivity contribution in [1.29, 1.82) is 0 Å². The molecular formula is C37H46N6O8. The Morgan fingerprint density at radius 1 is 0.627 bits per heavy atom. The Balaban J connectivity index is 1.91. The Morgan fingerprint density at radius 2 is 1.06 bits per heavy atom. The van der Waals surface area contributed by atoms with Crippen molar-refractivity contribution in [2.24, 2.45) is 11.7 Å². The molecule has 0 aliphatic heterocycles. The molecule has 5 atom stereocenters. The van der Waals surface area contributed by atoms with E-state index in [0.717, 1.165) is 5.56 Å². The van der Waals surface area contributed by atoms with Gasteiger partial charge in [0.15, 0.2) is 0 Å². The summed E-state index contributed by atoms with van der Waals surface area (Å²) in [7, 11) is 0. The first-order chi connectivity index (χ1) is 24.2. The molecule has 0 heterocycles. The van der Waals surface area contributed by atoms with Gasteiger partial charge in [-0.2, -0.15) is 0 Å². The van der Waals surface area contributed by atoms with Gasteiger partial charge in [0.05, 0.1) is 6.54 Å². The van der Waals surface area contributed by atoms with Gasteiger partial charge in [-0.25, -0.2) is 0 Å². The lowest BCUT2D eigenvalue weighted by Crippen LogP contribution is -2.60. The van der Waals surface area contributed by atoms with Crippen LogP contribution in [0.2, 0.25) is 0 Å². The van der Waals surface area contributed by atoms with E-state index in [2.05, 4.69) is 26.6 Å². The van der Waals surface area contributed by atoms with Crippen molar-refractivity contribution in [3.63, 3.8) is 0 Å². The molecule has 5 unspecified atom stereocenters. The number of amides is 6. The van der Waals surface area contributed by atoms with Crippen molar-refractivity contribution in [2.75, 3.05) is 6.54 Å². The van der Waals surface area contributed by atoms with Gasteiger partial charge in [-0.1, -0.05) is 74.9 Å². The first-order valence-electron chi connectivity index (χ1n) is 16.6. The van der Waals surface area contributed by atoms with Gasteiger partial charge in [0.2, 0.25) is 35.4 Å². The van der Waals surface area contributed by atoms with Gasteiger partial charge < -0.3 is 42.5 Å². The molecule has 6 amide bonds. The number of carbonyl (C=O) groups excluding carboxylic acids is 6. The molecular weight excluding hydrogens is 656 g/mol. The Hall–Kier alpha value is -5.92. The number of hydrogen-bond acceptors (Lipinski definition) is 8. The Kier molecular flexibility index (Phi) is 15.0. The molecule has 0 aliphatic rings. The summed E-state index contributed by atoms with van der Waals surface area (Å²) in [6, 6.07) is 16.2. The Labute approximate surface area is 296 Å². The maximum atomic E-state index is 14.1. The fourth-order valence-electron chi connectivity index (χ4n) is 5.16. The maximum absolute atomic E-state index is 14.1. The van der Waals surface area contributed by atoms with E-state index in [1.54, 1.807) is 55.5 Å². The summed E-state index contributed by atoms with van der Waals surface area (Å²) >= 11 is 0. The maximum Gasteiger partial charge on any atom is 0.243 e. The van der Waals surface area contributed by atoms with E-state index in [4.69, 9.17) is 5.73 Å². The molecule has 51 heavy (non-hydrogen) atoms. The van der Waals surface area contributed by atoms with E-state index in [9.17, 15) is 39.0 Å². The van der Waals surface area contributed by atoms with Gasteiger partial charge in [-0.15, -0.1) is 0 Å². The monoisotopic (exact) mass is 702 g/mol. The van der Waals surface area contributed by atoms with Crippen LogP contribution in [0.1, 0.15) is 43.9 Å². The number of hydrogen-bond donors (Lipinski definition) is 8. The van der Waals surface area contributed by atoms with Crippen LogP contribution >= 0.6 is 0 Å². The van der Waals surface area contributed by atoms with Crippen LogP contribution in [0.3, 0.4) is 0 Å². The predicted octanol–water partition coefficient (Wildman–Crippen LogP) is 0.732. The summed E-state index contributed by atoms with van der Waals surface area (Å²) in [4.78, 5) is 77.9. The fourth-order valence-corrected chi connectivity index (χ4v) is 5.16. The number of nitrogens with one attached hydrogen (secondary N) is 5. The van der Waals surface area contributed by atoms with E-state index in [1.165, 1.54) is 31.2 Å². The number of aromatic hydroxyl groups is 2. The number of benzene rings is 3. The van der Waals surface area contributed by atoms with Crippen LogP contribution in [0.25, 0.3) is 0 Å². The minimum atomic E-state index is -1.27. The lowest BCUT2D eigenvalue weighted by atomic mass is 9.96. The zero-order chi connectivity index (χ0) is 37.5. The van der Waals surface area contributed by atoms with Crippen LogP contribution in [-0.2, 0) is 48.0 Å². The molecule has 0 aliphatic carbocycles. The molecule has 0 spiro atoms. The van der Waals surface area contributed by atoms with Crippen LogP contribution in [0.5, 0.6) is 11.5 Å². The van der Waals surface area contributed by atoms with Crippen molar-refractivity contribution in [1.82, 2.24) is 26.6 Å². The number of primary amides is 1. The molecule has 0 saturated heterocycles. The molecule has 14 heteroatoms. The van der Waals surface area contributed by atoms with Gasteiger partial charge in [-0.05, 0) is 46.9 Å². The summed E-state index contributed by atoms with van der Waals surface area (Å²) < 4.78 is 0. The molecule has 3 aromatic rings. The molecule has 3 aromatic carbocycles. The first-order valence-corrected chi connectivity index (χ1v) is 16.6. The van der Waals surface area contributed by atoms with E-state index in [1.807, 2.05) is 13.0 Å². The lowest BCUT2D eigenvalue weighted by molar-refractivity contribution is -0.135. The molecule has 0 aromatic heterocycles. The minimum absolute atomic E-state index is 0.00265. The molecule has 0 fully saturated rings. The van der Waals surface area contributed by atoms with Gasteiger partial charge in [-0.3, -0.25) is 28.8 Å². The average molecular weight is 703 g/mol. The van der Waals surface area contributed by atoms with Gasteiger partial charge >= 0.3 is 0 Å². The Morgan fingerprint density at radius 3 is 1.51 bits per heavy atom. The van der Waals surface area contributed by atoms with Crippen molar-refractivity contribution in [3.8, 4) is 11.5 Å². The smallest absolute Gasteiger partial charge is 0.243 e. The van der Waals surface area contributed by atoms with Crippen molar-refractivity contribution in [3.05, 3.63) is 95.6 Å². The van der Waals surface area contributed by atoms with Crippen LogP contribution in [0, 0.1) is 5.92 Å². The summed E-state index contributed by atoms with van der Waals surface area (Å²) in [6.07, 6.45) is 0.484. The largest absolute Gasteiger partial charge is 0.508 e. The molecule has 3 rings (SSSR count). The number of nitrogens with two attached hydrogens (primary N) is 1. The first kappa shape index (κ1) is 39.5. The molecule has 0 radical (unpaired) electrons. The molecule has 0 bridgehead atoms. The van der Waals surface area contributed by atoms with Crippen LogP contribution < -0.4 is 32.3 Å². The zero-order valence-corrected chi connectivity index (χ0v) is 28.8. The molecule has 14 nitrogen and oxygen atoms in total. The number of carbonyl (C=O) groups is 6. The molecule has 0 saturated carbocycles. The minimum Gasteiger partial charge on any atom is -0.508 e. The second kappa shape index (κ2) is 19.3. The van der Waals surface area contributed by atoms with Crippen LogP contribution in [-0.4, -0.2) is 76.4 Å². The SMILES string of the molecule is CCC(C)C(NC(=O)CNC(C)=O)C(=O)NC(Cc1ccc(O)cc1)C(=O)NC(Cc1ccc(O)cc1)C(=O)NC(Cc1ccccc1)C(N)=O. The highest BCUT2D eigenvalue weighted by Gasteiger charge is 2.33. The van der Waals surface area contributed by atoms with Gasteiger partial charge in [0, 0.05) is 26.2 Å². The topological polar surface area (TPSA) is 229 Å². The van der Waals surface area contributed by atoms with Crippen LogP contribution in [0.4, 0.5) is 0 Å². The standard InChI is InChI=1S/C37H46N6O8/c1-4-22(2)33(43-32(47)21-39-23(3)44)37(51)42-31(20-26-12-16-28(46)17-13-26)36(50)41-30(19-25-10-14-27(45)15-11-25)35(49)40-29(34(38)48)18-24-8-6-5-7-9-24/h5-17,22,29-31,33,45-46H,4,18-21H2,1-3H3,(H2,38,48)(H,39,44)(H,40,49)(H,41,50)(H,42,51)(H,43,47). The molecule has 272 valence electrons. The van der Waals surface area contributed by atoms with Gasteiger partial charge in [0.1, 0.15) is 35.7 Å². The van der Waals surface area contributed by atoms with E-state index < -0.39 is 59.6 Å². The van der Waals surface area contributed by atoms with Crippen molar-refractivity contribution < 1.29 is 39.0 Å². The van der Waals surface area contributed by atoms with Crippen molar-refractivity contribution in [2.45, 2.75) is 70.6 Å². The highest BCUT2D eigenvalue weighted by atomic mass is 16.3. The third kappa shape index (κ3) is 13.1. The molecule has 9 N–H and O–H groups in total. The predicted molar refractivity (Wildman–Crippen MR) is 189 cm³/mol. The summed E-state index contributed by atoms with van der Waals surface area (Å²) in [5.74, 6) is -4.32. The highest BCUT2D eigenvalue weighted by molar-refractivity contribution is 5.96. The summed E-state index contributed by atoms with van der Waals surface area (Å²) in [5, 5.41) is 32.7.